The third-order valence-corrected chi connectivity index (χ3v) is 6.42. The van der Waals surface area contributed by atoms with Gasteiger partial charge in [-0.05, 0) is 50.1 Å². The second-order valence-electron chi connectivity index (χ2n) is 7.71. The summed E-state index contributed by atoms with van der Waals surface area (Å²) >= 11 is 0. The molecule has 0 aliphatic heterocycles. The van der Waals surface area contributed by atoms with Crippen molar-refractivity contribution in [1.29, 1.82) is 0 Å². The van der Waals surface area contributed by atoms with Gasteiger partial charge in [0, 0.05) is 26.1 Å². The fourth-order valence-corrected chi connectivity index (χ4v) is 4.40. The number of nitrogens with zero attached hydrogens (tertiary/aromatic N) is 2. The quantitative estimate of drug-likeness (QED) is 0.509. The molecule has 0 saturated carbocycles. The molecule has 1 N–H and O–H groups in total. The maximum Gasteiger partial charge on any atom is 0.242 e. The maximum atomic E-state index is 13.1. The van der Waals surface area contributed by atoms with Crippen LogP contribution in [-0.4, -0.2) is 57.6 Å². The van der Waals surface area contributed by atoms with Gasteiger partial charge in [-0.2, -0.15) is 0 Å². The van der Waals surface area contributed by atoms with E-state index in [4.69, 9.17) is 4.74 Å². The van der Waals surface area contributed by atoms with Crippen LogP contribution in [0.4, 0.5) is 5.69 Å². The molecule has 2 aromatic rings. The van der Waals surface area contributed by atoms with Crippen molar-refractivity contribution in [1.82, 2.24) is 10.2 Å². The second-order valence-corrected chi connectivity index (χ2v) is 9.62. The van der Waals surface area contributed by atoms with Crippen molar-refractivity contribution in [2.24, 2.45) is 0 Å². The molecule has 9 heteroatoms. The molecule has 0 unspecified atom stereocenters. The standard InChI is InChI=1S/C24H33N3O5S/c1-5-25-24(29)19(2)26(18-20-13-15-22(32-3)16-14-20)23(28)12-9-17-27(33(4,30)31)21-10-7-6-8-11-21/h6-8,10-11,13-16,19H,5,9,12,17-18H2,1-4H3,(H,25,29)/t19-/m0/s1. The lowest BCUT2D eigenvalue weighted by atomic mass is 10.1. The highest BCUT2D eigenvalue weighted by molar-refractivity contribution is 7.92. The Morgan fingerprint density at radius 2 is 1.70 bits per heavy atom. The Morgan fingerprint density at radius 1 is 1.06 bits per heavy atom. The Bertz CT molecular complexity index is 1010. The summed E-state index contributed by atoms with van der Waals surface area (Å²) in [5.74, 6) is 0.252. The number of amides is 2. The van der Waals surface area contributed by atoms with Gasteiger partial charge in [0.25, 0.3) is 0 Å². The molecule has 0 spiro atoms. The maximum absolute atomic E-state index is 13.1. The Kier molecular flexibility index (Phi) is 9.72. The number of anilines is 1. The molecule has 0 saturated heterocycles. The summed E-state index contributed by atoms with van der Waals surface area (Å²) in [7, 11) is -1.92. The average Bonchev–Trinajstić information content (AvgIpc) is 2.80. The van der Waals surface area contributed by atoms with E-state index in [-0.39, 0.29) is 31.3 Å². The average molecular weight is 476 g/mol. The highest BCUT2D eigenvalue weighted by atomic mass is 32.2. The van der Waals surface area contributed by atoms with Gasteiger partial charge in [-0.3, -0.25) is 13.9 Å². The fourth-order valence-electron chi connectivity index (χ4n) is 3.43. The van der Waals surface area contributed by atoms with E-state index < -0.39 is 16.1 Å². The molecular formula is C24H33N3O5S. The first kappa shape index (κ1) is 26.2. The van der Waals surface area contributed by atoms with E-state index in [1.54, 1.807) is 50.4 Å². The largest absolute Gasteiger partial charge is 0.497 e. The van der Waals surface area contributed by atoms with Gasteiger partial charge in [-0.25, -0.2) is 8.42 Å². The zero-order chi connectivity index (χ0) is 24.4. The number of rotatable bonds is 12. The first-order chi connectivity index (χ1) is 15.7. The van der Waals surface area contributed by atoms with E-state index in [1.165, 1.54) is 9.21 Å². The van der Waals surface area contributed by atoms with E-state index in [0.29, 0.717) is 24.4 Å². The van der Waals surface area contributed by atoms with Gasteiger partial charge in [-0.1, -0.05) is 30.3 Å². The van der Waals surface area contributed by atoms with E-state index in [9.17, 15) is 18.0 Å². The van der Waals surface area contributed by atoms with E-state index in [2.05, 4.69) is 5.32 Å². The number of sulfonamides is 1. The number of methoxy groups -OCH3 is 1. The molecule has 33 heavy (non-hydrogen) atoms. The molecule has 8 nitrogen and oxygen atoms in total. The second kappa shape index (κ2) is 12.2. The molecule has 0 radical (unpaired) electrons. The topological polar surface area (TPSA) is 96.0 Å². The molecule has 180 valence electrons. The Morgan fingerprint density at radius 3 is 2.24 bits per heavy atom. The predicted molar refractivity (Wildman–Crippen MR) is 130 cm³/mol. The molecule has 0 heterocycles. The van der Waals surface area contributed by atoms with Crippen molar-refractivity contribution >= 4 is 27.5 Å². The van der Waals surface area contributed by atoms with Gasteiger partial charge in [0.1, 0.15) is 11.8 Å². The first-order valence-corrected chi connectivity index (χ1v) is 12.7. The molecular weight excluding hydrogens is 442 g/mol. The third-order valence-electron chi connectivity index (χ3n) is 5.23. The highest BCUT2D eigenvalue weighted by Crippen LogP contribution is 2.19. The Hall–Kier alpha value is -3.07. The molecule has 0 aliphatic rings. The van der Waals surface area contributed by atoms with Crippen molar-refractivity contribution in [2.75, 3.05) is 30.8 Å². The van der Waals surface area contributed by atoms with Crippen LogP contribution in [0.3, 0.4) is 0 Å². The van der Waals surface area contributed by atoms with Crippen molar-refractivity contribution in [3.05, 3.63) is 60.2 Å². The number of carbonyl (C=O) groups excluding carboxylic acids is 2. The lowest BCUT2D eigenvalue weighted by Gasteiger charge is -2.29. The first-order valence-electron chi connectivity index (χ1n) is 10.9. The van der Waals surface area contributed by atoms with Crippen molar-refractivity contribution in [2.45, 2.75) is 39.3 Å². The minimum atomic E-state index is -3.50. The number of hydrogen-bond acceptors (Lipinski definition) is 5. The number of nitrogens with one attached hydrogen (secondary N) is 1. The normalized spacial score (nSPS) is 12.0. The van der Waals surface area contributed by atoms with Crippen LogP contribution < -0.4 is 14.4 Å². The SMILES string of the molecule is CCNC(=O)[C@H](C)N(Cc1ccc(OC)cc1)C(=O)CCCN(c1ccccc1)S(C)(=O)=O. The number of likely N-dealkylation sites (N-methyl/N-ethyl adjacent to an activating group) is 1. The molecule has 0 aromatic heterocycles. The number of ether oxygens (including phenoxy) is 1. The Labute approximate surface area is 196 Å². The number of para-hydroxylation sites is 1. The minimum absolute atomic E-state index is 0.110. The van der Waals surface area contributed by atoms with Crippen molar-refractivity contribution in [3.8, 4) is 5.75 Å². The lowest BCUT2D eigenvalue weighted by Crippen LogP contribution is -2.47. The van der Waals surface area contributed by atoms with E-state index >= 15 is 0 Å². The van der Waals surface area contributed by atoms with Gasteiger partial charge < -0.3 is 15.0 Å². The number of hydrogen-bond donors (Lipinski definition) is 1. The monoisotopic (exact) mass is 475 g/mol. The molecule has 0 aliphatic carbocycles. The predicted octanol–water partition coefficient (Wildman–Crippen LogP) is 2.79. The van der Waals surface area contributed by atoms with Gasteiger partial charge >= 0.3 is 0 Å². The van der Waals surface area contributed by atoms with Crippen molar-refractivity contribution < 1.29 is 22.7 Å². The fraction of sp³-hybridized carbons (Fsp3) is 0.417. The lowest BCUT2D eigenvalue weighted by molar-refractivity contribution is -0.140. The van der Waals surface area contributed by atoms with Gasteiger partial charge in [0.15, 0.2) is 0 Å². The van der Waals surface area contributed by atoms with Gasteiger partial charge in [0.2, 0.25) is 21.8 Å². The summed E-state index contributed by atoms with van der Waals surface area (Å²) in [6.07, 6.45) is 1.58. The van der Waals surface area contributed by atoms with Crippen LogP contribution >= 0.6 is 0 Å². The summed E-state index contributed by atoms with van der Waals surface area (Å²) in [6.45, 7) is 4.41. The summed E-state index contributed by atoms with van der Waals surface area (Å²) in [4.78, 5) is 27.1. The van der Waals surface area contributed by atoms with E-state index in [0.717, 1.165) is 11.8 Å². The number of carbonyl (C=O) groups is 2. The molecule has 2 rings (SSSR count). The molecule has 0 fully saturated rings. The highest BCUT2D eigenvalue weighted by Gasteiger charge is 2.26. The summed E-state index contributed by atoms with van der Waals surface area (Å²) in [5, 5.41) is 2.76. The van der Waals surface area contributed by atoms with Crippen molar-refractivity contribution in [3.63, 3.8) is 0 Å². The summed E-state index contributed by atoms with van der Waals surface area (Å²) in [6, 6.07) is 15.4. The van der Waals surface area contributed by atoms with Crippen LogP contribution in [0.25, 0.3) is 0 Å². The zero-order valence-corrected chi connectivity index (χ0v) is 20.5. The Balaban J connectivity index is 2.13. The molecule has 2 aromatic carbocycles. The third kappa shape index (κ3) is 7.78. The minimum Gasteiger partial charge on any atom is -0.497 e. The van der Waals surface area contributed by atoms with Gasteiger partial charge in [0.05, 0.1) is 19.1 Å². The summed E-state index contributed by atoms with van der Waals surface area (Å²) in [5.41, 5.74) is 1.42. The van der Waals surface area contributed by atoms with Crippen LogP contribution in [0.15, 0.2) is 54.6 Å². The molecule has 2 amide bonds. The summed E-state index contributed by atoms with van der Waals surface area (Å²) < 4.78 is 31.0. The van der Waals surface area contributed by atoms with Crippen LogP contribution in [-0.2, 0) is 26.2 Å². The zero-order valence-electron chi connectivity index (χ0n) is 19.7. The molecule has 0 bridgehead atoms. The smallest absolute Gasteiger partial charge is 0.242 e. The number of benzene rings is 2. The van der Waals surface area contributed by atoms with Crippen LogP contribution in [0.5, 0.6) is 5.75 Å². The van der Waals surface area contributed by atoms with Gasteiger partial charge in [-0.15, -0.1) is 0 Å². The van der Waals surface area contributed by atoms with Crippen LogP contribution in [0.2, 0.25) is 0 Å². The molecule has 1 atom stereocenters. The van der Waals surface area contributed by atoms with Crippen LogP contribution in [0, 0.1) is 0 Å². The van der Waals surface area contributed by atoms with Crippen LogP contribution in [0.1, 0.15) is 32.3 Å². The van der Waals surface area contributed by atoms with E-state index in [1.807, 2.05) is 25.1 Å².